The summed E-state index contributed by atoms with van der Waals surface area (Å²) < 4.78 is 5.51. The maximum atomic E-state index is 12.5. The van der Waals surface area contributed by atoms with E-state index in [0.29, 0.717) is 18.8 Å². The first kappa shape index (κ1) is 18.4. The monoisotopic (exact) mass is 303 g/mol. The summed E-state index contributed by atoms with van der Waals surface area (Å²) in [5.74, 6) is -0.00550. The highest BCUT2D eigenvalue weighted by atomic mass is 16.6. The molecule has 1 aromatic carbocycles. The highest BCUT2D eigenvalue weighted by Gasteiger charge is 2.37. The highest BCUT2D eigenvalue weighted by Crippen LogP contribution is 2.24. The number of benzene rings is 1. The van der Waals surface area contributed by atoms with Crippen molar-refractivity contribution in [1.82, 2.24) is 0 Å². The van der Waals surface area contributed by atoms with E-state index < -0.39 is 11.1 Å². The van der Waals surface area contributed by atoms with Crippen molar-refractivity contribution in [1.29, 1.82) is 0 Å². The number of carbonyl (C=O) groups excluding carboxylic acids is 1. The summed E-state index contributed by atoms with van der Waals surface area (Å²) in [6, 6.07) is 9.98. The standard InChI is InChI=1S/C19H29NO2/c1-15(2)14-19(20,17(21)22-18(3,4)5)13-9-12-16-10-7-6-8-11-16/h6-12,15H,13-14,20H2,1-5H3/b12-9+/t19-/m1/s1. The maximum Gasteiger partial charge on any atom is 0.326 e. The molecule has 0 bridgehead atoms. The molecule has 0 amide bonds. The molecule has 0 aliphatic carbocycles. The smallest absolute Gasteiger partial charge is 0.326 e. The number of esters is 1. The van der Waals surface area contributed by atoms with E-state index in [0.717, 1.165) is 5.56 Å². The summed E-state index contributed by atoms with van der Waals surface area (Å²) in [5.41, 5.74) is 5.98. The van der Waals surface area contributed by atoms with Crippen LogP contribution in [0.25, 0.3) is 6.08 Å². The van der Waals surface area contributed by atoms with Gasteiger partial charge in [0.1, 0.15) is 11.1 Å². The molecule has 0 unspecified atom stereocenters. The fourth-order valence-electron chi connectivity index (χ4n) is 2.33. The average Bonchev–Trinajstić information content (AvgIpc) is 2.37. The second-order valence-electron chi connectivity index (χ2n) is 7.27. The van der Waals surface area contributed by atoms with Gasteiger partial charge in [-0.05, 0) is 45.1 Å². The van der Waals surface area contributed by atoms with Crippen molar-refractivity contribution in [3.05, 3.63) is 42.0 Å². The normalized spacial score (nSPS) is 15.0. The van der Waals surface area contributed by atoms with Crippen LogP contribution in [0.3, 0.4) is 0 Å². The number of rotatable bonds is 6. The highest BCUT2D eigenvalue weighted by molar-refractivity contribution is 5.81. The molecule has 0 saturated carbocycles. The number of hydrogen-bond donors (Lipinski definition) is 1. The lowest BCUT2D eigenvalue weighted by atomic mass is 9.86. The zero-order valence-electron chi connectivity index (χ0n) is 14.4. The van der Waals surface area contributed by atoms with E-state index in [1.54, 1.807) is 0 Å². The Bertz CT molecular complexity index is 500. The van der Waals surface area contributed by atoms with E-state index in [4.69, 9.17) is 10.5 Å². The zero-order chi connectivity index (χ0) is 16.8. The van der Waals surface area contributed by atoms with Gasteiger partial charge in [-0.15, -0.1) is 0 Å². The molecule has 0 radical (unpaired) electrons. The first-order valence-electron chi connectivity index (χ1n) is 7.86. The van der Waals surface area contributed by atoms with Gasteiger partial charge in [0, 0.05) is 0 Å². The molecule has 1 aromatic rings. The topological polar surface area (TPSA) is 52.3 Å². The van der Waals surface area contributed by atoms with Crippen LogP contribution in [-0.4, -0.2) is 17.1 Å². The van der Waals surface area contributed by atoms with Gasteiger partial charge in [0.05, 0.1) is 0 Å². The van der Waals surface area contributed by atoms with E-state index in [9.17, 15) is 4.79 Å². The predicted octanol–water partition coefficient (Wildman–Crippen LogP) is 4.18. The van der Waals surface area contributed by atoms with Crippen LogP contribution in [0.1, 0.15) is 53.0 Å². The van der Waals surface area contributed by atoms with Gasteiger partial charge in [-0.3, -0.25) is 4.79 Å². The fourth-order valence-corrected chi connectivity index (χ4v) is 2.33. The van der Waals surface area contributed by atoms with Gasteiger partial charge in [-0.25, -0.2) is 0 Å². The molecule has 0 aliphatic heterocycles. The largest absolute Gasteiger partial charge is 0.459 e. The summed E-state index contributed by atoms with van der Waals surface area (Å²) >= 11 is 0. The summed E-state index contributed by atoms with van der Waals surface area (Å²) in [6.07, 6.45) is 5.02. The molecule has 1 atom stereocenters. The van der Waals surface area contributed by atoms with Gasteiger partial charge in [0.2, 0.25) is 0 Å². The zero-order valence-corrected chi connectivity index (χ0v) is 14.4. The lowest BCUT2D eigenvalue weighted by Crippen LogP contribution is -2.51. The lowest BCUT2D eigenvalue weighted by Gasteiger charge is -2.31. The van der Waals surface area contributed by atoms with Gasteiger partial charge < -0.3 is 10.5 Å². The molecule has 0 aliphatic rings. The van der Waals surface area contributed by atoms with E-state index in [1.165, 1.54) is 0 Å². The minimum Gasteiger partial charge on any atom is -0.459 e. The van der Waals surface area contributed by atoms with Crippen LogP contribution in [0.2, 0.25) is 0 Å². The van der Waals surface area contributed by atoms with Crippen LogP contribution in [0, 0.1) is 5.92 Å². The Labute approximate surface area is 134 Å². The van der Waals surface area contributed by atoms with Crippen molar-refractivity contribution in [2.24, 2.45) is 11.7 Å². The van der Waals surface area contributed by atoms with E-state index in [1.807, 2.05) is 63.3 Å². The van der Waals surface area contributed by atoms with E-state index in [-0.39, 0.29) is 5.97 Å². The number of ether oxygens (including phenoxy) is 1. The second kappa shape index (κ2) is 7.59. The summed E-state index contributed by atoms with van der Waals surface area (Å²) in [4.78, 5) is 12.5. The predicted molar refractivity (Wildman–Crippen MR) is 92.3 cm³/mol. The molecule has 2 N–H and O–H groups in total. The number of carbonyl (C=O) groups is 1. The second-order valence-corrected chi connectivity index (χ2v) is 7.27. The molecule has 0 heterocycles. The summed E-state index contributed by atoms with van der Waals surface area (Å²) in [6.45, 7) is 9.71. The first-order valence-corrected chi connectivity index (χ1v) is 7.86. The third kappa shape index (κ3) is 6.44. The number of nitrogens with two attached hydrogens (primary N) is 1. The molecule has 122 valence electrons. The van der Waals surface area contributed by atoms with Crippen molar-refractivity contribution >= 4 is 12.0 Å². The minimum atomic E-state index is -0.979. The molecule has 0 saturated heterocycles. The van der Waals surface area contributed by atoms with E-state index >= 15 is 0 Å². The van der Waals surface area contributed by atoms with Crippen molar-refractivity contribution in [2.75, 3.05) is 0 Å². The summed E-state index contributed by atoms with van der Waals surface area (Å²) in [7, 11) is 0. The molecular formula is C19H29NO2. The van der Waals surface area contributed by atoms with Gasteiger partial charge in [0.15, 0.2) is 0 Å². The minimum absolute atomic E-state index is 0.322. The van der Waals surface area contributed by atoms with Crippen LogP contribution in [0.5, 0.6) is 0 Å². The van der Waals surface area contributed by atoms with Crippen LogP contribution >= 0.6 is 0 Å². The Morgan fingerprint density at radius 2 is 1.82 bits per heavy atom. The molecule has 3 heteroatoms. The molecule has 0 spiro atoms. The Hall–Kier alpha value is -1.61. The molecular weight excluding hydrogens is 274 g/mol. The first-order chi connectivity index (χ1) is 10.1. The quantitative estimate of drug-likeness (QED) is 0.802. The third-order valence-electron chi connectivity index (χ3n) is 3.17. The Morgan fingerprint density at radius 1 is 1.23 bits per heavy atom. The van der Waals surface area contributed by atoms with E-state index in [2.05, 4.69) is 13.8 Å². The molecule has 3 nitrogen and oxygen atoms in total. The fraction of sp³-hybridized carbons (Fsp3) is 0.526. The van der Waals surface area contributed by atoms with Crippen LogP contribution in [-0.2, 0) is 9.53 Å². The molecule has 0 aromatic heterocycles. The lowest BCUT2D eigenvalue weighted by molar-refractivity contribution is -0.162. The van der Waals surface area contributed by atoms with Gasteiger partial charge in [-0.1, -0.05) is 56.3 Å². The van der Waals surface area contributed by atoms with Crippen LogP contribution in [0.15, 0.2) is 36.4 Å². The molecule has 22 heavy (non-hydrogen) atoms. The van der Waals surface area contributed by atoms with Gasteiger partial charge >= 0.3 is 5.97 Å². The average molecular weight is 303 g/mol. The third-order valence-corrected chi connectivity index (χ3v) is 3.17. The van der Waals surface area contributed by atoms with Crippen molar-refractivity contribution in [3.8, 4) is 0 Å². The number of hydrogen-bond acceptors (Lipinski definition) is 3. The van der Waals surface area contributed by atoms with Gasteiger partial charge in [0.25, 0.3) is 0 Å². The van der Waals surface area contributed by atoms with Crippen molar-refractivity contribution in [3.63, 3.8) is 0 Å². The molecule has 0 fully saturated rings. The van der Waals surface area contributed by atoms with Crippen molar-refractivity contribution < 1.29 is 9.53 Å². The van der Waals surface area contributed by atoms with Crippen molar-refractivity contribution in [2.45, 2.75) is 58.6 Å². The van der Waals surface area contributed by atoms with Crippen LogP contribution < -0.4 is 5.73 Å². The SMILES string of the molecule is CC(C)C[C@](N)(C/C=C/c1ccccc1)C(=O)OC(C)(C)C. The Kier molecular flexibility index (Phi) is 6.36. The van der Waals surface area contributed by atoms with Crippen LogP contribution in [0.4, 0.5) is 0 Å². The molecule has 1 rings (SSSR count). The Morgan fingerprint density at radius 3 is 2.32 bits per heavy atom. The Balaban J connectivity index is 2.83. The summed E-state index contributed by atoms with van der Waals surface area (Å²) in [5, 5.41) is 0. The van der Waals surface area contributed by atoms with Gasteiger partial charge in [-0.2, -0.15) is 0 Å². The maximum absolute atomic E-state index is 12.5.